The van der Waals surface area contributed by atoms with E-state index in [0.717, 1.165) is 0 Å². The van der Waals surface area contributed by atoms with Crippen molar-refractivity contribution < 1.29 is 27.4 Å². The number of carbonyl (C=O) groups is 1. The molecule has 22 heavy (non-hydrogen) atoms. The molecule has 0 spiro atoms. The average molecular weight is 377 g/mol. The zero-order chi connectivity index (χ0) is 16.5. The van der Waals surface area contributed by atoms with Gasteiger partial charge in [-0.3, -0.25) is 4.79 Å². The summed E-state index contributed by atoms with van der Waals surface area (Å²) in [5.41, 5.74) is -0.0825. The minimum absolute atomic E-state index is 0.0308. The van der Waals surface area contributed by atoms with Gasteiger partial charge in [-0.2, -0.15) is 13.2 Å². The first kappa shape index (κ1) is 17.1. The van der Waals surface area contributed by atoms with Crippen molar-refractivity contribution in [3.63, 3.8) is 0 Å². The highest BCUT2D eigenvalue weighted by Crippen LogP contribution is 2.36. The molecule has 0 bridgehead atoms. The van der Waals surface area contributed by atoms with E-state index < -0.39 is 23.6 Å². The van der Waals surface area contributed by atoms with E-state index in [2.05, 4.69) is 10.1 Å². The van der Waals surface area contributed by atoms with Crippen LogP contribution < -0.4 is 5.32 Å². The van der Waals surface area contributed by atoms with Crippen molar-refractivity contribution in [1.29, 1.82) is 0 Å². The number of amides is 1. The van der Waals surface area contributed by atoms with Crippen LogP contribution in [0.5, 0.6) is 0 Å². The van der Waals surface area contributed by atoms with Gasteiger partial charge in [0.05, 0.1) is 15.7 Å². The second kappa shape index (κ2) is 6.44. The minimum Gasteiger partial charge on any atom is -0.483 e. The van der Waals surface area contributed by atoms with Gasteiger partial charge in [-0.1, -0.05) is 34.8 Å². The molecule has 0 aromatic heterocycles. The summed E-state index contributed by atoms with van der Waals surface area (Å²) in [7, 11) is 0. The summed E-state index contributed by atoms with van der Waals surface area (Å²) in [5.74, 6) is -3.67. The number of rotatable bonds is 2. The summed E-state index contributed by atoms with van der Waals surface area (Å²) in [6.07, 6.45) is -4.86. The fourth-order valence-corrected chi connectivity index (χ4v) is 2.54. The molecule has 1 heterocycles. The SMILES string of the molecule is O=C(Nc1c(Cl)cc(Cl)cc1Cl)C1=C(C(F)(F)F)OCCO1. The summed E-state index contributed by atoms with van der Waals surface area (Å²) in [6.45, 7) is -0.501. The largest absolute Gasteiger partial charge is 0.483 e. The number of allylic oxidation sites excluding steroid dienone is 1. The van der Waals surface area contributed by atoms with E-state index in [9.17, 15) is 18.0 Å². The van der Waals surface area contributed by atoms with Gasteiger partial charge >= 0.3 is 6.18 Å². The molecule has 1 N–H and O–H groups in total. The third-order valence-corrected chi connectivity index (χ3v) is 3.31. The summed E-state index contributed by atoms with van der Waals surface area (Å²) < 4.78 is 47.6. The predicted molar refractivity (Wildman–Crippen MR) is 75.1 cm³/mol. The van der Waals surface area contributed by atoms with E-state index in [4.69, 9.17) is 39.5 Å². The van der Waals surface area contributed by atoms with Crippen LogP contribution in [0.4, 0.5) is 18.9 Å². The highest BCUT2D eigenvalue weighted by molar-refractivity contribution is 6.42. The van der Waals surface area contributed by atoms with Crippen molar-refractivity contribution >= 4 is 46.4 Å². The number of carbonyl (C=O) groups excluding carboxylic acids is 1. The number of hydrogen-bond donors (Lipinski definition) is 1. The Balaban J connectivity index is 2.34. The van der Waals surface area contributed by atoms with Crippen LogP contribution in [0.25, 0.3) is 0 Å². The lowest BCUT2D eigenvalue weighted by Gasteiger charge is -2.23. The molecule has 120 valence electrons. The number of benzene rings is 1. The van der Waals surface area contributed by atoms with Crippen LogP contribution in [0.2, 0.25) is 15.1 Å². The molecule has 1 amide bonds. The molecule has 0 fully saturated rings. The molecule has 0 aliphatic carbocycles. The molecule has 1 aromatic rings. The fourth-order valence-electron chi connectivity index (χ4n) is 1.63. The number of ether oxygens (including phenoxy) is 2. The highest BCUT2D eigenvalue weighted by Gasteiger charge is 2.43. The molecule has 10 heteroatoms. The molecular weight excluding hydrogens is 369 g/mol. The summed E-state index contributed by atoms with van der Waals surface area (Å²) in [6, 6.07) is 2.56. The van der Waals surface area contributed by atoms with E-state index in [0.29, 0.717) is 0 Å². The molecule has 1 aliphatic heterocycles. The molecule has 0 atom stereocenters. The lowest BCUT2D eigenvalue weighted by atomic mass is 10.3. The van der Waals surface area contributed by atoms with Crippen molar-refractivity contribution in [1.82, 2.24) is 0 Å². The van der Waals surface area contributed by atoms with Gasteiger partial charge in [-0.15, -0.1) is 0 Å². The Morgan fingerprint density at radius 3 is 2.18 bits per heavy atom. The number of nitrogens with one attached hydrogen (secondary N) is 1. The molecule has 1 aliphatic rings. The van der Waals surface area contributed by atoms with E-state index in [-0.39, 0.29) is 34.0 Å². The molecule has 0 saturated carbocycles. The van der Waals surface area contributed by atoms with Crippen LogP contribution in [0.1, 0.15) is 0 Å². The lowest BCUT2D eigenvalue weighted by molar-refractivity contribution is -0.151. The third-order valence-electron chi connectivity index (χ3n) is 2.49. The van der Waals surface area contributed by atoms with Gasteiger partial charge in [-0.25, -0.2) is 0 Å². The molecule has 0 unspecified atom stereocenters. The van der Waals surface area contributed by atoms with E-state index >= 15 is 0 Å². The summed E-state index contributed by atoms with van der Waals surface area (Å²) in [4.78, 5) is 12.0. The van der Waals surface area contributed by atoms with Crippen LogP contribution in [-0.4, -0.2) is 25.3 Å². The molecule has 0 saturated heterocycles. The van der Waals surface area contributed by atoms with Crippen molar-refractivity contribution in [2.24, 2.45) is 0 Å². The fraction of sp³-hybridized carbons (Fsp3) is 0.250. The van der Waals surface area contributed by atoms with Gasteiger partial charge in [0.15, 0.2) is 0 Å². The maximum absolute atomic E-state index is 12.8. The van der Waals surface area contributed by atoms with Gasteiger partial charge in [-0.05, 0) is 12.1 Å². The number of halogens is 6. The standard InChI is InChI=1S/C12H7Cl3F3NO3/c13-5-3-6(14)8(7(15)4-5)19-11(20)9-10(12(16,17)18)22-2-1-21-9/h3-4H,1-2H2,(H,19,20). The Bertz CT molecular complexity index is 623. The normalized spacial score (nSPS) is 15.2. The lowest BCUT2D eigenvalue weighted by Crippen LogP contribution is -2.30. The van der Waals surface area contributed by atoms with Crippen LogP contribution in [0, 0.1) is 0 Å². The minimum atomic E-state index is -4.86. The van der Waals surface area contributed by atoms with Crippen LogP contribution >= 0.6 is 34.8 Å². The van der Waals surface area contributed by atoms with Gasteiger partial charge < -0.3 is 14.8 Å². The molecule has 0 radical (unpaired) electrons. The van der Waals surface area contributed by atoms with Crippen LogP contribution in [-0.2, 0) is 14.3 Å². The van der Waals surface area contributed by atoms with Crippen molar-refractivity contribution in [3.05, 3.63) is 38.7 Å². The van der Waals surface area contributed by atoms with Crippen molar-refractivity contribution in [3.8, 4) is 0 Å². The van der Waals surface area contributed by atoms with Gasteiger partial charge in [0.2, 0.25) is 11.5 Å². The molecule has 2 rings (SSSR count). The molecular formula is C12H7Cl3F3NO3. The van der Waals surface area contributed by atoms with Gasteiger partial charge in [0.1, 0.15) is 13.2 Å². The zero-order valence-corrected chi connectivity index (χ0v) is 12.8. The average Bonchev–Trinajstić information content (AvgIpc) is 2.41. The monoisotopic (exact) mass is 375 g/mol. The second-order valence-corrected chi connectivity index (χ2v) is 5.30. The smallest absolute Gasteiger partial charge is 0.453 e. The van der Waals surface area contributed by atoms with Gasteiger partial charge in [0.25, 0.3) is 5.91 Å². The number of alkyl halides is 3. The van der Waals surface area contributed by atoms with E-state index in [1.807, 2.05) is 0 Å². The first-order chi connectivity index (χ1) is 10.2. The molecule has 1 aromatic carbocycles. The first-order valence-electron chi connectivity index (χ1n) is 5.73. The van der Waals surface area contributed by atoms with Gasteiger partial charge in [0, 0.05) is 5.02 Å². The number of anilines is 1. The summed E-state index contributed by atoms with van der Waals surface area (Å²) >= 11 is 17.4. The summed E-state index contributed by atoms with van der Waals surface area (Å²) in [5, 5.41) is 2.30. The van der Waals surface area contributed by atoms with Crippen LogP contribution in [0.3, 0.4) is 0 Å². The third kappa shape index (κ3) is 3.71. The Kier molecular flexibility index (Phi) is 4.99. The van der Waals surface area contributed by atoms with Crippen molar-refractivity contribution in [2.45, 2.75) is 6.18 Å². The van der Waals surface area contributed by atoms with Crippen molar-refractivity contribution in [2.75, 3.05) is 18.5 Å². The predicted octanol–water partition coefficient (Wildman–Crippen LogP) is 4.41. The Morgan fingerprint density at radius 1 is 1.09 bits per heavy atom. The quantitative estimate of drug-likeness (QED) is 0.832. The Labute approximate surface area is 137 Å². The highest BCUT2D eigenvalue weighted by atomic mass is 35.5. The molecule has 4 nitrogen and oxygen atoms in total. The maximum Gasteiger partial charge on any atom is 0.453 e. The first-order valence-corrected chi connectivity index (χ1v) is 6.86. The van der Waals surface area contributed by atoms with E-state index in [1.54, 1.807) is 0 Å². The zero-order valence-electron chi connectivity index (χ0n) is 10.6. The van der Waals surface area contributed by atoms with Crippen LogP contribution in [0.15, 0.2) is 23.7 Å². The maximum atomic E-state index is 12.8. The van der Waals surface area contributed by atoms with E-state index in [1.165, 1.54) is 12.1 Å². The number of hydrogen-bond acceptors (Lipinski definition) is 3. The topological polar surface area (TPSA) is 47.6 Å². The Hall–Kier alpha value is -1.31. The second-order valence-electron chi connectivity index (χ2n) is 4.05. The Morgan fingerprint density at radius 2 is 1.64 bits per heavy atom.